The van der Waals surface area contributed by atoms with Crippen LogP contribution in [0.3, 0.4) is 0 Å². The zero-order valence-corrected chi connectivity index (χ0v) is 14.0. The van der Waals surface area contributed by atoms with Gasteiger partial charge in [-0.05, 0) is 31.1 Å². The molecule has 1 heterocycles. The second-order valence-electron chi connectivity index (χ2n) is 4.76. The summed E-state index contributed by atoms with van der Waals surface area (Å²) < 4.78 is 5.04. The van der Waals surface area contributed by atoms with Crippen LogP contribution in [0, 0.1) is 0 Å². The fourth-order valence-electron chi connectivity index (χ4n) is 1.96. The molecule has 2 rings (SSSR count). The van der Waals surface area contributed by atoms with Gasteiger partial charge in [-0.3, -0.25) is 4.79 Å². The van der Waals surface area contributed by atoms with Gasteiger partial charge in [-0.25, -0.2) is 4.79 Å². The van der Waals surface area contributed by atoms with E-state index in [1.54, 1.807) is 19.1 Å². The topological polar surface area (TPSA) is 55.4 Å². The largest absolute Gasteiger partial charge is 0.462 e. The van der Waals surface area contributed by atoms with E-state index in [0.29, 0.717) is 17.2 Å². The fraction of sp³-hybridized carbons (Fsp3) is 0.222. The number of carbonyl (C=O) groups is 2. The van der Waals surface area contributed by atoms with Crippen LogP contribution in [0.2, 0.25) is 0 Å². The minimum Gasteiger partial charge on any atom is -0.462 e. The van der Waals surface area contributed by atoms with Crippen molar-refractivity contribution < 1.29 is 14.3 Å². The van der Waals surface area contributed by atoms with Crippen molar-refractivity contribution >= 4 is 34.3 Å². The summed E-state index contributed by atoms with van der Waals surface area (Å²) in [5.41, 5.74) is 1.35. The number of hydrogen-bond donors (Lipinski definition) is 1. The lowest BCUT2D eigenvalue weighted by Gasteiger charge is -2.03. The summed E-state index contributed by atoms with van der Waals surface area (Å²) in [6.45, 7) is 4.06. The van der Waals surface area contributed by atoms with Crippen molar-refractivity contribution in [3.05, 3.63) is 58.5 Å². The van der Waals surface area contributed by atoms with Gasteiger partial charge in [0, 0.05) is 11.0 Å². The first-order valence-electron chi connectivity index (χ1n) is 7.48. The number of ether oxygens (including phenoxy) is 1. The molecule has 0 radical (unpaired) electrons. The molecule has 0 aliphatic carbocycles. The summed E-state index contributed by atoms with van der Waals surface area (Å²) in [5, 5.41) is 3.30. The minimum absolute atomic E-state index is 0.274. The molecule has 0 saturated heterocycles. The van der Waals surface area contributed by atoms with E-state index in [1.165, 1.54) is 17.4 Å². The number of hydrogen-bond acceptors (Lipinski definition) is 4. The van der Waals surface area contributed by atoms with Gasteiger partial charge < -0.3 is 10.1 Å². The predicted octanol–water partition coefficient (Wildman–Crippen LogP) is 4.14. The van der Waals surface area contributed by atoms with Crippen molar-refractivity contribution in [3.63, 3.8) is 0 Å². The number of nitrogens with one attached hydrogen (secondary N) is 1. The first-order chi connectivity index (χ1) is 11.1. The number of benzene rings is 1. The van der Waals surface area contributed by atoms with Crippen molar-refractivity contribution in [3.8, 4) is 0 Å². The van der Waals surface area contributed by atoms with E-state index >= 15 is 0 Å². The molecule has 23 heavy (non-hydrogen) atoms. The van der Waals surface area contributed by atoms with E-state index in [-0.39, 0.29) is 5.91 Å². The Morgan fingerprint density at radius 3 is 2.61 bits per heavy atom. The molecular weight excluding hydrogens is 310 g/mol. The summed E-state index contributed by atoms with van der Waals surface area (Å²) in [6.07, 6.45) is 3.98. The lowest BCUT2D eigenvalue weighted by Crippen LogP contribution is -2.11. The number of anilines is 1. The van der Waals surface area contributed by atoms with Gasteiger partial charge in [0.1, 0.15) is 5.00 Å². The Morgan fingerprint density at radius 1 is 1.22 bits per heavy atom. The average Bonchev–Trinajstić information content (AvgIpc) is 2.97. The second-order valence-corrected chi connectivity index (χ2v) is 5.90. The SMILES string of the molecule is CCOC(=O)c1cc(CC)sc1NC(=O)C=Cc1ccccc1. The van der Waals surface area contributed by atoms with Crippen LogP contribution >= 0.6 is 11.3 Å². The highest BCUT2D eigenvalue weighted by molar-refractivity contribution is 7.16. The van der Waals surface area contributed by atoms with Crippen molar-refractivity contribution in [2.75, 3.05) is 11.9 Å². The Kier molecular flexibility index (Phi) is 6.11. The van der Waals surface area contributed by atoms with Gasteiger partial charge in [0.2, 0.25) is 5.91 Å². The Hall–Kier alpha value is -2.40. The molecule has 5 heteroatoms. The number of carbonyl (C=O) groups excluding carboxylic acids is 2. The van der Waals surface area contributed by atoms with Gasteiger partial charge in [0.15, 0.2) is 0 Å². The van der Waals surface area contributed by atoms with E-state index < -0.39 is 5.97 Å². The van der Waals surface area contributed by atoms with Gasteiger partial charge in [-0.15, -0.1) is 11.3 Å². The van der Waals surface area contributed by atoms with E-state index in [1.807, 2.05) is 37.3 Å². The summed E-state index contributed by atoms with van der Waals surface area (Å²) in [4.78, 5) is 25.1. The molecule has 2 aromatic rings. The third-order valence-corrected chi connectivity index (χ3v) is 4.29. The van der Waals surface area contributed by atoms with E-state index in [0.717, 1.165) is 16.9 Å². The summed E-state index contributed by atoms with van der Waals surface area (Å²) in [6, 6.07) is 11.3. The molecular formula is C18H19NO3S. The quantitative estimate of drug-likeness (QED) is 0.640. The standard InChI is InChI=1S/C18H19NO3S/c1-3-14-12-15(18(21)22-4-2)17(23-14)19-16(20)11-10-13-8-6-5-7-9-13/h5-12H,3-4H2,1-2H3,(H,19,20). The van der Waals surface area contributed by atoms with Gasteiger partial charge in [-0.1, -0.05) is 37.3 Å². The van der Waals surface area contributed by atoms with Crippen LogP contribution in [0.4, 0.5) is 5.00 Å². The first kappa shape index (κ1) is 17.0. The highest BCUT2D eigenvalue weighted by Crippen LogP contribution is 2.29. The van der Waals surface area contributed by atoms with Crippen LogP contribution in [0.1, 0.15) is 34.6 Å². The molecule has 0 aliphatic heterocycles. The van der Waals surface area contributed by atoms with Gasteiger partial charge in [-0.2, -0.15) is 0 Å². The summed E-state index contributed by atoms with van der Waals surface area (Å²) >= 11 is 1.40. The fourth-order valence-corrected chi connectivity index (χ4v) is 2.95. The van der Waals surface area contributed by atoms with Gasteiger partial charge >= 0.3 is 5.97 Å². The monoisotopic (exact) mass is 329 g/mol. The molecule has 1 amide bonds. The Labute approximate surface area is 139 Å². The highest BCUT2D eigenvalue weighted by atomic mass is 32.1. The van der Waals surface area contributed by atoms with Crippen molar-refractivity contribution in [1.29, 1.82) is 0 Å². The zero-order chi connectivity index (χ0) is 16.7. The third-order valence-electron chi connectivity index (χ3n) is 3.09. The van der Waals surface area contributed by atoms with E-state index in [9.17, 15) is 9.59 Å². The summed E-state index contributed by atoms with van der Waals surface area (Å²) in [7, 11) is 0. The van der Waals surface area contributed by atoms with Gasteiger partial charge in [0.05, 0.1) is 12.2 Å². The predicted molar refractivity (Wildman–Crippen MR) is 93.8 cm³/mol. The maximum absolute atomic E-state index is 12.1. The van der Waals surface area contributed by atoms with Crippen LogP contribution in [0.25, 0.3) is 6.08 Å². The number of thiophene rings is 1. The maximum atomic E-state index is 12.1. The Bertz CT molecular complexity index is 704. The smallest absolute Gasteiger partial charge is 0.341 e. The van der Waals surface area contributed by atoms with Crippen molar-refractivity contribution in [2.45, 2.75) is 20.3 Å². The zero-order valence-electron chi connectivity index (χ0n) is 13.2. The number of aryl methyl sites for hydroxylation is 1. The second kappa shape index (κ2) is 8.29. The Balaban J connectivity index is 2.12. The third kappa shape index (κ3) is 4.79. The molecule has 0 fully saturated rings. The molecule has 4 nitrogen and oxygen atoms in total. The molecule has 0 bridgehead atoms. The van der Waals surface area contributed by atoms with E-state index in [4.69, 9.17) is 4.74 Å². The van der Waals surface area contributed by atoms with Crippen LogP contribution < -0.4 is 5.32 Å². The van der Waals surface area contributed by atoms with E-state index in [2.05, 4.69) is 5.32 Å². The minimum atomic E-state index is -0.411. The van der Waals surface area contributed by atoms with Crippen LogP contribution in [-0.4, -0.2) is 18.5 Å². The van der Waals surface area contributed by atoms with Crippen molar-refractivity contribution in [2.24, 2.45) is 0 Å². The number of rotatable bonds is 6. The number of amides is 1. The molecule has 0 unspecified atom stereocenters. The molecule has 1 N–H and O–H groups in total. The molecule has 1 aromatic heterocycles. The van der Waals surface area contributed by atoms with Crippen LogP contribution in [0.5, 0.6) is 0 Å². The lowest BCUT2D eigenvalue weighted by atomic mass is 10.2. The Morgan fingerprint density at radius 2 is 1.96 bits per heavy atom. The molecule has 1 aromatic carbocycles. The average molecular weight is 329 g/mol. The molecule has 0 spiro atoms. The molecule has 0 aliphatic rings. The normalized spacial score (nSPS) is 10.7. The molecule has 0 atom stereocenters. The first-order valence-corrected chi connectivity index (χ1v) is 8.29. The number of esters is 1. The summed E-state index contributed by atoms with van der Waals surface area (Å²) in [5.74, 6) is -0.685. The highest BCUT2D eigenvalue weighted by Gasteiger charge is 2.17. The van der Waals surface area contributed by atoms with Gasteiger partial charge in [0.25, 0.3) is 0 Å². The van der Waals surface area contributed by atoms with Crippen LogP contribution in [0.15, 0.2) is 42.5 Å². The van der Waals surface area contributed by atoms with Crippen LogP contribution in [-0.2, 0) is 16.0 Å². The lowest BCUT2D eigenvalue weighted by molar-refractivity contribution is -0.111. The molecule has 0 saturated carbocycles. The maximum Gasteiger partial charge on any atom is 0.341 e. The molecule has 120 valence electrons. The van der Waals surface area contributed by atoms with Crippen molar-refractivity contribution in [1.82, 2.24) is 0 Å².